The van der Waals surface area contributed by atoms with Crippen LogP contribution in [0.4, 0.5) is 0 Å². The van der Waals surface area contributed by atoms with Crippen molar-refractivity contribution in [1.82, 2.24) is 4.90 Å². The summed E-state index contributed by atoms with van der Waals surface area (Å²) in [5.74, 6) is 1.18. The van der Waals surface area contributed by atoms with E-state index in [0.29, 0.717) is 12.6 Å². The van der Waals surface area contributed by atoms with Crippen molar-refractivity contribution >= 4 is 11.8 Å². The molecule has 0 aliphatic heterocycles. The molecule has 0 aromatic rings. The van der Waals surface area contributed by atoms with Crippen LogP contribution < -0.4 is 0 Å². The maximum Gasteiger partial charge on any atom is 0.0443 e. The second-order valence-electron chi connectivity index (χ2n) is 3.20. The molecule has 0 heterocycles. The minimum atomic E-state index is 0.308. The van der Waals surface area contributed by atoms with Crippen LogP contribution in [0.1, 0.15) is 20.3 Å². The highest BCUT2D eigenvalue weighted by Gasteiger charge is 2.07. The molecule has 1 N–H and O–H groups in total. The van der Waals surface area contributed by atoms with Gasteiger partial charge < -0.3 is 10.0 Å². The van der Waals surface area contributed by atoms with Crippen molar-refractivity contribution in [3.8, 4) is 0 Å². The van der Waals surface area contributed by atoms with E-state index >= 15 is 0 Å². The zero-order valence-corrected chi connectivity index (χ0v) is 9.23. The average Bonchev–Trinajstić information content (AvgIpc) is 2.04. The number of hydrogen-bond acceptors (Lipinski definition) is 3. The summed E-state index contributed by atoms with van der Waals surface area (Å²) in [5, 5.41) is 8.69. The summed E-state index contributed by atoms with van der Waals surface area (Å²) in [6, 6.07) is 0.601. The van der Waals surface area contributed by atoms with Gasteiger partial charge in [-0.05, 0) is 26.5 Å². The van der Waals surface area contributed by atoms with Crippen LogP contribution in [0.25, 0.3) is 0 Å². The van der Waals surface area contributed by atoms with E-state index in [1.165, 1.54) is 5.75 Å². The van der Waals surface area contributed by atoms with Gasteiger partial charge in [0.1, 0.15) is 0 Å². The van der Waals surface area contributed by atoms with Crippen molar-refractivity contribution < 1.29 is 5.11 Å². The first-order chi connectivity index (χ1) is 5.72. The van der Waals surface area contributed by atoms with Crippen LogP contribution in [0.5, 0.6) is 0 Å². The number of nitrogens with zero attached hydrogens (tertiary/aromatic N) is 1. The van der Waals surface area contributed by atoms with Gasteiger partial charge in [-0.25, -0.2) is 0 Å². The molecule has 0 fully saturated rings. The molecule has 0 atom stereocenters. The van der Waals surface area contributed by atoms with Gasteiger partial charge in [-0.3, -0.25) is 0 Å². The zero-order chi connectivity index (χ0) is 9.40. The molecule has 0 aliphatic carbocycles. The molecule has 0 unspecified atom stereocenters. The maximum atomic E-state index is 8.69. The number of aliphatic hydroxyl groups excluding tert-OH is 1. The van der Waals surface area contributed by atoms with Crippen LogP contribution in [0.3, 0.4) is 0 Å². The van der Waals surface area contributed by atoms with Gasteiger partial charge >= 0.3 is 0 Å². The first-order valence-electron chi connectivity index (χ1n) is 4.56. The van der Waals surface area contributed by atoms with Crippen molar-refractivity contribution in [3.63, 3.8) is 0 Å². The van der Waals surface area contributed by atoms with E-state index in [4.69, 9.17) is 5.11 Å². The molecule has 0 amide bonds. The summed E-state index contributed by atoms with van der Waals surface area (Å²) in [6.07, 6.45) is 3.02. The van der Waals surface area contributed by atoms with Gasteiger partial charge in [0.25, 0.3) is 0 Å². The molecular weight excluding hydrogens is 170 g/mol. The summed E-state index contributed by atoms with van der Waals surface area (Å²) >= 11 is 1.88. The fraction of sp³-hybridized carbons (Fsp3) is 1.00. The van der Waals surface area contributed by atoms with Crippen molar-refractivity contribution in [1.29, 1.82) is 0 Å². The second kappa shape index (κ2) is 7.90. The van der Waals surface area contributed by atoms with Crippen LogP contribution in [0.15, 0.2) is 0 Å². The first kappa shape index (κ1) is 12.3. The van der Waals surface area contributed by atoms with Crippen LogP contribution in [0, 0.1) is 0 Å². The van der Waals surface area contributed by atoms with Crippen LogP contribution >= 0.6 is 11.8 Å². The predicted molar refractivity (Wildman–Crippen MR) is 56.8 cm³/mol. The van der Waals surface area contributed by atoms with E-state index in [0.717, 1.165) is 19.5 Å². The van der Waals surface area contributed by atoms with Crippen molar-refractivity contribution in [2.45, 2.75) is 26.3 Å². The standard InChI is InChI=1S/C9H21NOS/c1-9(2)10(5-4-7-11)6-8-12-3/h9,11H,4-8H2,1-3H3. The Labute approximate surface area is 80.3 Å². The molecule has 74 valence electrons. The Morgan fingerprint density at radius 3 is 2.42 bits per heavy atom. The van der Waals surface area contributed by atoms with E-state index < -0.39 is 0 Å². The molecule has 0 aliphatic rings. The molecule has 0 aromatic heterocycles. The van der Waals surface area contributed by atoms with Gasteiger partial charge in [-0.1, -0.05) is 0 Å². The maximum absolute atomic E-state index is 8.69. The number of hydrogen-bond donors (Lipinski definition) is 1. The van der Waals surface area contributed by atoms with Crippen molar-refractivity contribution in [2.24, 2.45) is 0 Å². The Hall–Kier alpha value is 0.270. The van der Waals surface area contributed by atoms with Crippen LogP contribution in [-0.2, 0) is 0 Å². The summed E-state index contributed by atoms with van der Waals surface area (Å²) in [7, 11) is 0. The molecule has 0 aromatic carbocycles. The molecule has 2 nitrogen and oxygen atoms in total. The Balaban J connectivity index is 3.55. The first-order valence-corrected chi connectivity index (χ1v) is 5.95. The topological polar surface area (TPSA) is 23.5 Å². The average molecular weight is 191 g/mol. The highest BCUT2D eigenvalue weighted by Crippen LogP contribution is 2.02. The van der Waals surface area contributed by atoms with Gasteiger partial charge in [0, 0.05) is 31.5 Å². The smallest absolute Gasteiger partial charge is 0.0443 e. The van der Waals surface area contributed by atoms with Gasteiger partial charge in [0.2, 0.25) is 0 Å². The van der Waals surface area contributed by atoms with Gasteiger partial charge in [0.05, 0.1) is 0 Å². The normalized spacial score (nSPS) is 11.5. The lowest BCUT2D eigenvalue weighted by Crippen LogP contribution is -2.34. The number of thioether (sulfide) groups is 1. The van der Waals surface area contributed by atoms with E-state index in [1.807, 2.05) is 11.8 Å². The Morgan fingerprint density at radius 2 is 2.00 bits per heavy atom. The lowest BCUT2D eigenvalue weighted by molar-refractivity contribution is 0.201. The van der Waals surface area contributed by atoms with Crippen molar-refractivity contribution in [3.05, 3.63) is 0 Å². The third kappa shape index (κ3) is 5.86. The molecule has 0 saturated heterocycles. The number of rotatable bonds is 7. The van der Waals surface area contributed by atoms with Crippen LogP contribution in [0.2, 0.25) is 0 Å². The number of aliphatic hydroxyl groups is 1. The Kier molecular flexibility index (Phi) is 8.07. The summed E-state index contributed by atoms with van der Waals surface area (Å²) < 4.78 is 0. The molecular formula is C9H21NOS. The molecule has 0 rings (SSSR count). The highest BCUT2D eigenvalue weighted by molar-refractivity contribution is 7.98. The molecule has 0 bridgehead atoms. The molecule has 12 heavy (non-hydrogen) atoms. The lowest BCUT2D eigenvalue weighted by atomic mass is 10.3. The third-order valence-corrected chi connectivity index (χ3v) is 2.51. The largest absolute Gasteiger partial charge is 0.396 e. The summed E-state index contributed by atoms with van der Waals surface area (Å²) in [6.45, 7) is 6.88. The minimum Gasteiger partial charge on any atom is -0.396 e. The van der Waals surface area contributed by atoms with Gasteiger partial charge in [-0.2, -0.15) is 11.8 Å². The van der Waals surface area contributed by atoms with E-state index in [-0.39, 0.29) is 0 Å². The lowest BCUT2D eigenvalue weighted by Gasteiger charge is -2.25. The Bertz CT molecular complexity index is 90.5. The Morgan fingerprint density at radius 1 is 1.33 bits per heavy atom. The molecule has 3 heteroatoms. The van der Waals surface area contributed by atoms with Gasteiger partial charge in [-0.15, -0.1) is 0 Å². The van der Waals surface area contributed by atoms with Gasteiger partial charge in [0.15, 0.2) is 0 Å². The third-order valence-electron chi connectivity index (χ3n) is 1.92. The summed E-state index contributed by atoms with van der Waals surface area (Å²) in [4.78, 5) is 2.41. The highest BCUT2D eigenvalue weighted by atomic mass is 32.2. The molecule has 0 radical (unpaired) electrons. The van der Waals surface area contributed by atoms with E-state index in [1.54, 1.807) is 0 Å². The predicted octanol–water partition coefficient (Wildman–Crippen LogP) is 1.44. The fourth-order valence-electron chi connectivity index (χ4n) is 1.11. The molecule has 0 saturated carbocycles. The SMILES string of the molecule is CSCCN(CCCO)C(C)C. The minimum absolute atomic E-state index is 0.308. The fourth-order valence-corrected chi connectivity index (χ4v) is 1.53. The van der Waals surface area contributed by atoms with Crippen molar-refractivity contribution in [2.75, 3.05) is 31.7 Å². The quantitative estimate of drug-likeness (QED) is 0.659. The van der Waals surface area contributed by atoms with E-state index in [2.05, 4.69) is 25.0 Å². The van der Waals surface area contributed by atoms with E-state index in [9.17, 15) is 0 Å². The van der Waals surface area contributed by atoms with Crippen LogP contribution in [-0.4, -0.2) is 47.8 Å². The second-order valence-corrected chi connectivity index (χ2v) is 4.19. The monoisotopic (exact) mass is 191 g/mol. The molecule has 0 spiro atoms. The summed E-state index contributed by atoms with van der Waals surface area (Å²) in [5.41, 5.74) is 0. The zero-order valence-electron chi connectivity index (χ0n) is 8.42.